The molecule has 0 unspecified atom stereocenters. The van der Waals surface area contributed by atoms with Gasteiger partial charge in [0.05, 0.1) is 13.2 Å². The van der Waals surface area contributed by atoms with Gasteiger partial charge in [0.25, 0.3) is 0 Å². The number of ether oxygens (including phenoxy) is 2. The quantitative estimate of drug-likeness (QED) is 0.518. The molecule has 0 saturated carbocycles. The highest BCUT2D eigenvalue weighted by atomic mass is 16.5. The summed E-state index contributed by atoms with van der Waals surface area (Å²) in [6, 6.07) is 0. The summed E-state index contributed by atoms with van der Waals surface area (Å²) in [6.45, 7) is 9.73. The van der Waals surface area contributed by atoms with E-state index in [1.165, 1.54) is 19.3 Å². The first-order valence-corrected chi connectivity index (χ1v) is 5.42. The third-order valence-electron chi connectivity index (χ3n) is 1.72. The van der Waals surface area contributed by atoms with Gasteiger partial charge < -0.3 is 9.47 Å². The molecule has 2 heteroatoms. The molecular weight excluding hydrogens is 164 g/mol. The van der Waals surface area contributed by atoms with Gasteiger partial charge in [0.1, 0.15) is 0 Å². The lowest BCUT2D eigenvalue weighted by Crippen LogP contribution is -2.08. The molecule has 0 bridgehead atoms. The minimum Gasteiger partial charge on any atom is -0.379 e. The van der Waals surface area contributed by atoms with Crippen LogP contribution in [0.3, 0.4) is 0 Å². The zero-order valence-electron chi connectivity index (χ0n) is 9.34. The molecular formula is C11H24O2. The molecule has 0 heterocycles. The number of unbranched alkanes of at least 4 members (excludes halogenated alkanes) is 2. The lowest BCUT2D eigenvalue weighted by atomic mass is 10.2. The number of rotatable bonds is 9. The lowest BCUT2D eigenvalue weighted by Gasteiger charge is -2.07. The summed E-state index contributed by atoms with van der Waals surface area (Å²) in [5.41, 5.74) is 0. The maximum Gasteiger partial charge on any atom is 0.0700 e. The Morgan fingerprint density at radius 2 is 1.62 bits per heavy atom. The average Bonchev–Trinajstić information content (AvgIpc) is 2.09. The monoisotopic (exact) mass is 188 g/mol. The van der Waals surface area contributed by atoms with Crippen molar-refractivity contribution < 1.29 is 9.47 Å². The minimum atomic E-state index is 0.625. The van der Waals surface area contributed by atoms with E-state index in [1.54, 1.807) is 0 Å². The van der Waals surface area contributed by atoms with Gasteiger partial charge in [0.15, 0.2) is 0 Å². The Kier molecular flexibility index (Phi) is 9.94. The van der Waals surface area contributed by atoms with Crippen LogP contribution < -0.4 is 0 Å². The van der Waals surface area contributed by atoms with Crippen molar-refractivity contribution in [3.63, 3.8) is 0 Å². The van der Waals surface area contributed by atoms with Crippen LogP contribution in [0.2, 0.25) is 0 Å². The molecule has 0 atom stereocenters. The molecule has 0 aromatic heterocycles. The molecule has 0 aromatic carbocycles. The molecule has 0 aliphatic carbocycles. The molecule has 0 N–H and O–H groups in total. The van der Waals surface area contributed by atoms with Gasteiger partial charge in [0, 0.05) is 13.2 Å². The highest BCUT2D eigenvalue weighted by molar-refractivity contribution is 4.40. The summed E-state index contributed by atoms with van der Waals surface area (Å²) in [5, 5.41) is 0. The molecule has 0 spiro atoms. The van der Waals surface area contributed by atoms with Gasteiger partial charge in [-0.1, -0.05) is 33.6 Å². The Labute approximate surface area is 82.6 Å². The normalized spacial score (nSPS) is 11.1. The van der Waals surface area contributed by atoms with Gasteiger partial charge in [-0.15, -0.1) is 0 Å². The first kappa shape index (κ1) is 12.9. The minimum absolute atomic E-state index is 0.625. The van der Waals surface area contributed by atoms with Crippen LogP contribution in [0.15, 0.2) is 0 Å². The Hall–Kier alpha value is -0.0800. The van der Waals surface area contributed by atoms with Crippen molar-refractivity contribution in [3.8, 4) is 0 Å². The van der Waals surface area contributed by atoms with Crippen LogP contribution in [-0.2, 0) is 9.47 Å². The summed E-state index contributed by atoms with van der Waals surface area (Å²) in [4.78, 5) is 0. The summed E-state index contributed by atoms with van der Waals surface area (Å²) < 4.78 is 10.8. The zero-order valence-corrected chi connectivity index (χ0v) is 9.34. The van der Waals surface area contributed by atoms with Crippen molar-refractivity contribution in [1.29, 1.82) is 0 Å². The van der Waals surface area contributed by atoms with Crippen molar-refractivity contribution in [1.82, 2.24) is 0 Å². The smallest absolute Gasteiger partial charge is 0.0700 e. The first-order valence-electron chi connectivity index (χ1n) is 5.42. The molecule has 0 aliphatic rings. The summed E-state index contributed by atoms with van der Waals surface area (Å²) in [5.74, 6) is 0.625. The lowest BCUT2D eigenvalue weighted by molar-refractivity contribution is 0.0366. The van der Waals surface area contributed by atoms with Crippen molar-refractivity contribution in [2.45, 2.75) is 40.0 Å². The van der Waals surface area contributed by atoms with Gasteiger partial charge >= 0.3 is 0 Å². The van der Waals surface area contributed by atoms with E-state index < -0.39 is 0 Å². The highest BCUT2D eigenvalue weighted by Gasteiger charge is 1.93. The second kappa shape index (κ2) is 10.0. The molecule has 80 valence electrons. The number of hydrogen-bond donors (Lipinski definition) is 0. The van der Waals surface area contributed by atoms with E-state index in [-0.39, 0.29) is 0 Å². The van der Waals surface area contributed by atoms with Crippen molar-refractivity contribution in [2.75, 3.05) is 26.4 Å². The maximum absolute atomic E-state index is 5.39. The Morgan fingerprint density at radius 1 is 0.923 bits per heavy atom. The molecule has 13 heavy (non-hydrogen) atoms. The van der Waals surface area contributed by atoms with Gasteiger partial charge in [-0.2, -0.15) is 0 Å². The summed E-state index contributed by atoms with van der Waals surface area (Å²) in [7, 11) is 0. The van der Waals surface area contributed by atoms with Crippen LogP contribution in [0.5, 0.6) is 0 Å². The van der Waals surface area contributed by atoms with Gasteiger partial charge in [-0.25, -0.2) is 0 Å². The van der Waals surface area contributed by atoms with Crippen LogP contribution in [0.4, 0.5) is 0 Å². The van der Waals surface area contributed by atoms with E-state index in [0.717, 1.165) is 26.4 Å². The van der Waals surface area contributed by atoms with Crippen molar-refractivity contribution in [2.24, 2.45) is 5.92 Å². The third-order valence-corrected chi connectivity index (χ3v) is 1.72. The third kappa shape index (κ3) is 11.9. The van der Waals surface area contributed by atoms with Crippen LogP contribution in [0, 0.1) is 5.92 Å². The number of hydrogen-bond acceptors (Lipinski definition) is 2. The van der Waals surface area contributed by atoms with Crippen LogP contribution in [-0.4, -0.2) is 26.4 Å². The fourth-order valence-electron chi connectivity index (χ4n) is 0.993. The van der Waals surface area contributed by atoms with E-state index in [9.17, 15) is 0 Å². The predicted octanol–water partition coefficient (Wildman–Crippen LogP) is 2.87. The van der Waals surface area contributed by atoms with E-state index in [2.05, 4.69) is 20.8 Å². The zero-order chi connectivity index (χ0) is 9.94. The SMILES string of the molecule is CCCCCOCCOCC(C)C. The molecule has 0 saturated heterocycles. The Balaban J connectivity index is 2.84. The summed E-state index contributed by atoms with van der Waals surface area (Å²) in [6.07, 6.45) is 3.71. The molecule has 0 fully saturated rings. The molecule has 0 rings (SSSR count). The second-order valence-corrected chi connectivity index (χ2v) is 3.79. The second-order valence-electron chi connectivity index (χ2n) is 3.79. The average molecular weight is 188 g/mol. The van der Waals surface area contributed by atoms with Gasteiger partial charge in [-0.05, 0) is 12.3 Å². The Bertz CT molecular complexity index is 92.1. The van der Waals surface area contributed by atoms with Crippen molar-refractivity contribution >= 4 is 0 Å². The van der Waals surface area contributed by atoms with E-state index in [4.69, 9.17) is 9.47 Å². The topological polar surface area (TPSA) is 18.5 Å². The van der Waals surface area contributed by atoms with Crippen LogP contribution in [0.25, 0.3) is 0 Å². The molecule has 0 radical (unpaired) electrons. The first-order chi connectivity index (χ1) is 6.27. The fraction of sp³-hybridized carbons (Fsp3) is 1.00. The van der Waals surface area contributed by atoms with E-state index in [1.807, 2.05) is 0 Å². The predicted molar refractivity (Wildman–Crippen MR) is 56.0 cm³/mol. The molecule has 0 aromatic rings. The molecule has 0 amide bonds. The fourth-order valence-corrected chi connectivity index (χ4v) is 0.993. The van der Waals surface area contributed by atoms with Gasteiger partial charge in [0.2, 0.25) is 0 Å². The van der Waals surface area contributed by atoms with E-state index in [0.29, 0.717) is 5.92 Å². The van der Waals surface area contributed by atoms with Crippen LogP contribution in [0.1, 0.15) is 40.0 Å². The largest absolute Gasteiger partial charge is 0.379 e. The molecule has 2 nitrogen and oxygen atoms in total. The van der Waals surface area contributed by atoms with Gasteiger partial charge in [-0.3, -0.25) is 0 Å². The molecule has 0 aliphatic heterocycles. The Morgan fingerprint density at radius 3 is 2.23 bits per heavy atom. The summed E-state index contributed by atoms with van der Waals surface area (Å²) >= 11 is 0. The maximum atomic E-state index is 5.39. The van der Waals surface area contributed by atoms with Crippen LogP contribution >= 0.6 is 0 Å². The van der Waals surface area contributed by atoms with E-state index >= 15 is 0 Å². The highest BCUT2D eigenvalue weighted by Crippen LogP contribution is 1.95. The standard InChI is InChI=1S/C11H24O2/c1-4-5-6-7-12-8-9-13-10-11(2)3/h11H,4-10H2,1-3H3. The van der Waals surface area contributed by atoms with Crippen molar-refractivity contribution in [3.05, 3.63) is 0 Å².